The van der Waals surface area contributed by atoms with Gasteiger partial charge in [-0.3, -0.25) is 9.59 Å². The number of esters is 1. The lowest BCUT2D eigenvalue weighted by Gasteiger charge is -2.22. The first kappa shape index (κ1) is 17.3. The van der Waals surface area contributed by atoms with E-state index < -0.39 is 17.4 Å². The van der Waals surface area contributed by atoms with Gasteiger partial charge in [-0.25, -0.2) is 0 Å². The first-order chi connectivity index (χ1) is 12.6. The van der Waals surface area contributed by atoms with Gasteiger partial charge in [-0.15, -0.1) is 0 Å². The van der Waals surface area contributed by atoms with Gasteiger partial charge in [-0.05, 0) is 30.5 Å². The third-order valence-corrected chi connectivity index (χ3v) is 5.77. The monoisotopic (exact) mass is 355 g/mol. The summed E-state index contributed by atoms with van der Waals surface area (Å²) >= 11 is 0. The molecule has 0 aliphatic carbocycles. The van der Waals surface area contributed by atoms with Crippen LogP contribution in [0.2, 0.25) is 0 Å². The highest BCUT2D eigenvalue weighted by Crippen LogP contribution is 2.52. The molecule has 2 saturated heterocycles. The van der Waals surface area contributed by atoms with Gasteiger partial charge in [-0.1, -0.05) is 44.6 Å². The molecule has 1 spiro atoms. The highest BCUT2D eigenvalue weighted by molar-refractivity contribution is 6.02. The van der Waals surface area contributed by atoms with Crippen LogP contribution >= 0.6 is 0 Å². The molecule has 3 aliphatic heterocycles. The number of fused-ring (bicyclic) bond motifs is 1. The van der Waals surface area contributed by atoms with Crippen LogP contribution in [0.1, 0.15) is 32.3 Å². The summed E-state index contributed by atoms with van der Waals surface area (Å²) in [6.45, 7) is 5.01. The molecule has 1 aromatic rings. The number of unbranched alkanes of at least 4 members (excludes halogenated alkanes) is 1. The quantitative estimate of drug-likeness (QED) is 0.447. The predicted octanol–water partition coefficient (Wildman–Crippen LogP) is 2.88. The standard InChI is InChI=1S/C21H25NO4/c1-3-5-12-25-20(24)17-16-10-11-21(26-16)13-22(19(23)18(17)21)15-8-6-14(4-2)7-9-15/h6-11,16-18H,3-5,12-13H2,1-2H3/t16-,17-,18+,21+/m1/s1. The molecule has 0 aromatic heterocycles. The molecule has 3 aliphatic rings. The molecule has 2 bridgehead atoms. The lowest BCUT2D eigenvalue weighted by atomic mass is 9.77. The Bertz CT molecular complexity index is 741. The summed E-state index contributed by atoms with van der Waals surface area (Å²) in [6.07, 6.45) is 6.29. The van der Waals surface area contributed by atoms with Crippen LogP contribution in [-0.4, -0.2) is 36.7 Å². The molecule has 138 valence electrons. The van der Waals surface area contributed by atoms with Gasteiger partial charge >= 0.3 is 5.97 Å². The Hall–Kier alpha value is -2.14. The van der Waals surface area contributed by atoms with E-state index in [1.807, 2.05) is 43.3 Å². The molecule has 1 amide bonds. The van der Waals surface area contributed by atoms with Crippen LogP contribution in [0.3, 0.4) is 0 Å². The second-order valence-electron chi connectivity index (χ2n) is 7.37. The third kappa shape index (κ3) is 2.57. The van der Waals surface area contributed by atoms with Crippen molar-refractivity contribution < 1.29 is 19.1 Å². The van der Waals surface area contributed by atoms with Gasteiger partial charge < -0.3 is 14.4 Å². The van der Waals surface area contributed by atoms with Gasteiger partial charge in [0.25, 0.3) is 0 Å². The van der Waals surface area contributed by atoms with E-state index in [-0.39, 0.29) is 18.0 Å². The number of benzene rings is 1. The number of rotatable bonds is 6. The van der Waals surface area contributed by atoms with E-state index in [2.05, 4.69) is 6.92 Å². The lowest BCUT2D eigenvalue weighted by molar-refractivity contribution is -0.152. The summed E-state index contributed by atoms with van der Waals surface area (Å²) < 4.78 is 11.5. The van der Waals surface area contributed by atoms with Crippen molar-refractivity contribution in [2.24, 2.45) is 11.8 Å². The summed E-state index contributed by atoms with van der Waals surface area (Å²) in [5.41, 5.74) is 1.39. The molecular formula is C21H25NO4. The van der Waals surface area contributed by atoms with Crippen molar-refractivity contribution in [3.8, 4) is 0 Å². The molecule has 4 rings (SSSR count). The van der Waals surface area contributed by atoms with Crippen LogP contribution < -0.4 is 4.90 Å². The Morgan fingerprint density at radius 3 is 2.77 bits per heavy atom. The van der Waals surface area contributed by atoms with Gasteiger partial charge in [0.15, 0.2) is 0 Å². The van der Waals surface area contributed by atoms with E-state index in [1.165, 1.54) is 5.56 Å². The number of hydrogen-bond donors (Lipinski definition) is 0. The molecule has 5 nitrogen and oxygen atoms in total. The van der Waals surface area contributed by atoms with Gasteiger partial charge in [-0.2, -0.15) is 0 Å². The SMILES string of the molecule is CCCCOC(=O)[C@H]1[C@H]2C(=O)N(c3ccc(CC)cc3)C[C@@]23C=C[C@H]1O3. The fraction of sp³-hybridized carbons (Fsp3) is 0.524. The maximum Gasteiger partial charge on any atom is 0.312 e. The maximum atomic E-state index is 13.2. The molecule has 0 saturated carbocycles. The Labute approximate surface area is 154 Å². The molecule has 4 atom stereocenters. The number of ether oxygens (including phenoxy) is 2. The van der Waals surface area contributed by atoms with Crippen molar-refractivity contribution >= 4 is 17.6 Å². The molecule has 0 N–H and O–H groups in total. The fourth-order valence-corrected chi connectivity index (χ4v) is 4.31. The van der Waals surface area contributed by atoms with Crippen molar-refractivity contribution in [3.05, 3.63) is 42.0 Å². The summed E-state index contributed by atoms with van der Waals surface area (Å²) in [4.78, 5) is 27.5. The second kappa shape index (κ2) is 6.54. The normalized spacial score (nSPS) is 31.5. The first-order valence-electron chi connectivity index (χ1n) is 9.54. The molecule has 26 heavy (non-hydrogen) atoms. The summed E-state index contributed by atoms with van der Waals surface area (Å²) in [5.74, 6) is -1.38. The van der Waals surface area contributed by atoms with E-state index in [4.69, 9.17) is 9.47 Å². The number of anilines is 1. The molecule has 1 aromatic carbocycles. The minimum absolute atomic E-state index is 0.0430. The van der Waals surface area contributed by atoms with Gasteiger partial charge in [0.2, 0.25) is 5.91 Å². The Kier molecular flexibility index (Phi) is 4.35. The van der Waals surface area contributed by atoms with Crippen molar-refractivity contribution in [2.75, 3.05) is 18.1 Å². The van der Waals surface area contributed by atoms with Crippen LogP contribution in [0.4, 0.5) is 5.69 Å². The summed E-state index contributed by atoms with van der Waals surface area (Å²) in [5, 5.41) is 0. The number of aryl methyl sites for hydroxylation is 1. The van der Waals surface area contributed by atoms with Crippen molar-refractivity contribution in [2.45, 2.75) is 44.8 Å². The predicted molar refractivity (Wildman–Crippen MR) is 97.8 cm³/mol. The molecule has 3 heterocycles. The van der Waals surface area contributed by atoms with Crippen LogP contribution in [0.15, 0.2) is 36.4 Å². The molecule has 2 fully saturated rings. The highest BCUT2D eigenvalue weighted by atomic mass is 16.6. The fourth-order valence-electron chi connectivity index (χ4n) is 4.31. The Balaban J connectivity index is 1.57. The average Bonchev–Trinajstić information content (AvgIpc) is 3.30. The average molecular weight is 355 g/mol. The second-order valence-corrected chi connectivity index (χ2v) is 7.37. The zero-order valence-electron chi connectivity index (χ0n) is 15.3. The Morgan fingerprint density at radius 2 is 2.08 bits per heavy atom. The molecule has 5 heteroatoms. The highest BCUT2D eigenvalue weighted by Gasteiger charge is 2.67. The summed E-state index contributed by atoms with van der Waals surface area (Å²) in [7, 11) is 0. The number of carbonyl (C=O) groups is 2. The van der Waals surface area contributed by atoms with E-state index in [9.17, 15) is 9.59 Å². The topological polar surface area (TPSA) is 55.8 Å². The number of amides is 1. The van der Waals surface area contributed by atoms with Gasteiger partial charge in [0.1, 0.15) is 11.5 Å². The minimum atomic E-state index is -0.695. The zero-order valence-corrected chi connectivity index (χ0v) is 15.3. The van der Waals surface area contributed by atoms with Gasteiger partial charge in [0, 0.05) is 5.69 Å². The Morgan fingerprint density at radius 1 is 1.31 bits per heavy atom. The zero-order chi connectivity index (χ0) is 18.3. The maximum absolute atomic E-state index is 13.2. The largest absolute Gasteiger partial charge is 0.465 e. The smallest absolute Gasteiger partial charge is 0.312 e. The minimum Gasteiger partial charge on any atom is -0.465 e. The number of hydrogen-bond acceptors (Lipinski definition) is 4. The van der Waals surface area contributed by atoms with Crippen molar-refractivity contribution in [1.82, 2.24) is 0 Å². The molecular weight excluding hydrogens is 330 g/mol. The lowest BCUT2D eigenvalue weighted by Crippen LogP contribution is -2.40. The van der Waals surface area contributed by atoms with E-state index >= 15 is 0 Å². The van der Waals surface area contributed by atoms with Crippen LogP contribution in [0, 0.1) is 11.8 Å². The van der Waals surface area contributed by atoms with E-state index in [0.717, 1.165) is 24.9 Å². The van der Waals surface area contributed by atoms with Gasteiger partial charge in [0.05, 0.1) is 25.2 Å². The van der Waals surface area contributed by atoms with Crippen LogP contribution in [0.25, 0.3) is 0 Å². The van der Waals surface area contributed by atoms with Crippen molar-refractivity contribution in [3.63, 3.8) is 0 Å². The van der Waals surface area contributed by atoms with E-state index in [0.29, 0.717) is 13.2 Å². The van der Waals surface area contributed by atoms with Crippen molar-refractivity contribution in [1.29, 1.82) is 0 Å². The molecule has 0 radical (unpaired) electrons. The number of nitrogens with zero attached hydrogens (tertiary/aromatic N) is 1. The number of carbonyl (C=O) groups excluding carboxylic acids is 2. The third-order valence-electron chi connectivity index (χ3n) is 5.77. The van der Waals surface area contributed by atoms with Crippen LogP contribution in [0.5, 0.6) is 0 Å². The van der Waals surface area contributed by atoms with Crippen LogP contribution in [-0.2, 0) is 25.5 Å². The summed E-state index contributed by atoms with van der Waals surface area (Å²) in [6, 6.07) is 8.02. The van der Waals surface area contributed by atoms with E-state index in [1.54, 1.807) is 4.90 Å². The first-order valence-corrected chi connectivity index (χ1v) is 9.54. The molecule has 0 unspecified atom stereocenters.